The molecule has 1 fully saturated rings. The Kier molecular flexibility index (Phi) is 5.13. The van der Waals surface area contributed by atoms with Crippen molar-refractivity contribution in [2.24, 2.45) is 10.9 Å². The lowest BCUT2D eigenvalue weighted by Crippen LogP contribution is -2.33. The minimum atomic E-state index is -0.563. The Balaban J connectivity index is 1.53. The highest BCUT2D eigenvalue weighted by Crippen LogP contribution is 2.41. The summed E-state index contributed by atoms with van der Waals surface area (Å²) in [6, 6.07) is 8.47. The molecule has 2 N–H and O–H groups in total. The van der Waals surface area contributed by atoms with Gasteiger partial charge in [-0.1, -0.05) is 24.3 Å². The highest BCUT2D eigenvalue weighted by atomic mass is 16.5. The van der Waals surface area contributed by atoms with E-state index in [0.29, 0.717) is 12.5 Å². The second-order valence-electron chi connectivity index (χ2n) is 6.62. The second kappa shape index (κ2) is 7.28. The van der Waals surface area contributed by atoms with Gasteiger partial charge in [0.05, 0.1) is 12.2 Å². The summed E-state index contributed by atoms with van der Waals surface area (Å²) in [7, 11) is 1.71. The predicted molar refractivity (Wildman–Crippen MR) is 92.5 cm³/mol. The van der Waals surface area contributed by atoms with Crippen molar-refractivity contribution < 1.29 is 9.84 Å². The van der Waals surface area contributed by atoms with Crippen LogP contribution < -0.4 is 5.32 Å². The number of aliphatic hydroxyl groups is 1. The zero-order valence-electron chi connectivity index (χ0n) is 13.8. The zero-order valence-corrected chi connectivity index (χ0v) is 13.8. The predicted octanol–water partition coefficient (Wildman–Crippen LogP) is 2.77. The quantitative estimate of drug-likeness (QED) is 0.761. The van der Waals surface area contributed by atoms with E-state index in [2.05, 4.69) is 34.6 Å². The van der Waals surface area contributed by atoms with E-state index in [-0.39, 0.29) is 0 Å². The molecule has 1 unspecified atom stereocenters. The Morgan fingerprint density at radius 3 is 2.74 bits per heavy atom. The van der Waals surface area contributed by atoms with Gasteiger partial charge in [0, 0.05) is 37.7 Å². The Bertz CT molecular complexity index is 574. The molecule has 3 rings (SSSR count). The van der Waals surface area contributed by atoms with Gasteiger partial charge in [-0.25, -0.2) is 0 Å². The van der Waals surface area contributed by atoms with E-state index in [1.54, 1.807) is 7.11 Å². The zero-order chi connectivity index (χ0) is 16.1. The lowest BCUT2D eigenvalue weighted by atomic mass is 9.75. The Morgan fingerprint density at radius 1 is 1.30 bits per heavy atom. The molecule has 2 aliphatic rings. The molecule has 1 aliphatic heterocycles. The smallest absolute Gasteiger partial charge is 0.0896 e. The molecular weight excluding hydrogens is 288 g/mol. The van der Waals surface area contributed by atoms with Crippen LogP contribution in [-0.4, -0.2) is 31.6 Å². The van der Waals surface area contributed by atoms with E-state index in [1.807, 2.05) is 12.4 Å². The van der Waals surface area contributed by atoms with E-state index >= 15 is 0 Å². The lowest BCUT2D eigenvalue weighted by molar-refractivity contribution is -0.0388. The van der Waals surface area contributed by atoms with Crippen LogP contribution >= 0.6 is 0 Å². The topological polar surface area (TPSA) is 53.8 Å². The molecule has 4 nitrogen and oxygen atoms in total. The summed E-state index contributed by atoms with van der Waals surface area (Å²) >= 11 is 0. The number of rotatable bonds is 7. The molecular formula is C19H26N2O2. The number of ether oxygens (including phenoxy) is 1. The van der Waals surface area contributed by atoms with Crippen molar-refractivity contribution in [1.29, 1.82) is 0 Å². The van der Waals surface area contributed by atoms with Crippen LogP contribution in [0.5, 0.6) is 0 Å². The molecule has 1 aromatic rings. The van der Waals surface area contributed by atoms with Gasteiger partial charge in [-0.05, 0) is 43.2 Å². The highest BCUT2D eigenvalue weighted by Gasteiger charge is 2.35. The van der Waals surface area contributed by atoms with E-state index in [0.717, 1.165) is 44.2 Å². The fraction of sp³-hybridized carbons (Fsp3) is 0.526. The number of allylic oxidation sites excluding steroid dienone is 1. The molecule has 0 bridgehead atoms. The first-order valence-corrected chi connectivity index (χ1v) is 8.46. The average molecular weight is 314 g/mol. The molecule has 1 aliphatic carbocycles. The van der Waals surface area contributed by atoms with Crippen molar-refractivity contribution in [3.8, 4) is 0 Å². The van der Waals surface area contributed by atoms with Gasteiger partial charge in [0.1, 0.15) is 0 Å². The van der Waals surface area contributed by atoms with Crippen LogP contribution in [0.2, 0.25) is 0 Å². The molecule has 1 aromatic carbocycles. The largest absolute Gasteiger partial charge is 0.385 e. The number of hydrogen-bond donors (Lipinski definition) is 2. The molecule has 0 aromatic heterocycles. The molecule has 1 heterocycles. The van der Waals surface area contributed by atoms with Crippen LogP contribution in [-0.2, 0) is 16.8 Å². The van der Waals surface area contributed by atoms with E-state index in [9.17, 15) is 5.11 Å². The van der Waals surface area contributed by atoms with Crippen LogP contribution in [0, 0.1) is 5.92 Å². The van der Waals surface area contributed by atoms with Crippen molar-refractivity contribution >= 4 is 6.21 Å². The third-order valence-electron chi connectivity index (χ3n) is 4.84. The van der Waals surface area contributed by atoms with Crippen molar-refractivity contribution in [2.75, 3.05) is 20.3 Å². The maximum Gasteiger partial charge on any atom is 0.0896 e. The van der Waals surface area contributed by atoms with Crippen LogP contribution in [0.15, 0.2) is 41.2 Å². The Labute approximate surface area is 138 Å². The first-order valence-electron chi connectivity index (χ1n) is 8.46. The first kappa shape index (κ1) is 16.2. The summed E-state index contributed by atoms with van der Waals surface area (Å²) < 4.78 is 5.06. The van der Waals surface area contributed by atoms with Gasteiger partial charge in [-0.15, -0.1) is 0 Å². The maximum atomic E-state index is 10.4. The molecule has 23 heavy (non-hydrogen) atoms. The number of nitrogens with zero attached hydrogens (tertiary/aromatic N) is 1. The van der Waals surface area contributed by atoms with Gasteiger partial charge < -0.3 is 15.2 Å². The molecule has 1 atom stereocenters. The van der Waals surface area contributed by atoms with Crippen LogP contribution in [0.3, 0.4) is 0 Å². The van der Waals surface area contributed by atoms with Crippen molar-refractivity contribution in [3.05, 3.63) is 47.3 Å². The van der Waals surface area contributed by atoms with Crippen LogP contribution in [0.25, 0.3) is 0 Å². The number of methoxy groups -OCH3 is 1. The average Bonchev–Trinajstić information content (AvgIpc) is 2.54. The standard InChI is InChI=1S/C19H26N2O2/c1-23-10-9-21-18-12-16(13-20-14-18)11-15-3-5-17(6-4-15)19(22)7-2-8-19/h3-6,13-14,16,21-22H,2,7-12H2,1H3. The number of hydrogen-bond acceptors (Lipinski definition) is 4. The minimum absolute atomic E-state index is 0.419. The number of aliphatic imine (C=N–C) groups is 1. The molecule has 0 spiro atoms. The van der Waals surface area contributed by atoms with Gasteiger partial charge in [0.15, 0.2) is 0 Å². The van der Waals surface area contributed by atoms with Crippen LogP contribution in [0.1, 0.15) is 36.8 Å². The third-order valence-corrected chi connectivity index (χ3v) is 4.84. The van der Waals surface area contributed by atoms with E-state index < -0.39 is 5.60 Å². The van der Waals surface area contributed by atoms with Gasteiger partial charge >= 0.3 is 0 Å². The summed E-state index contributed by atoms with van der Waals surface area (Å²) in [5, 5.41) is 13.8. The third kappa shape index (κ3) is 4.01. The molecule has 0 radical (unpaired) electrons. The highest BCUT2D eigenvalue weighted by molar-refractivity contribution is 5.64. The van der Waals surface area contributed by atoms with Gasteiger partial charge in [-0.2, -0.15) is 0 Å². The SMILES string of the molecule is COCCNC1=CN=CC(Cc2ccc(C3(O)CCC3)cc2)C1. The summed E-state index contributed by atoms with van der Waals surface area (Å²) in [4.78, 5) is 4.36. The van der Waals surface area contributed by atoms with Crippen molar-refractivity contribution in [1.82, 2.24) is 5.32 Å². The summed E-state index contributed by atoms with van der Waals surface area (Å²) in [6.45, 7) is 1.52. The van der Waals surface area contributed by atoms with Crippen molar-refractivity contribution in [3.63, 3.8) is 0 Å². The van der Waals surface area contributed by atoms with Gasteiger partial charge in [0.2, 0.25) is 0 Å². The number of nitrogens with one attached hydrogen (secondary N) is 1. The molecule has 0 saturated heterocycles. The van der Waals surface area contributed by atoms with Gasteiger partial charge in [0.25, 0.3) is 0 Å². The lowest BCUT2D eigenvalue weighted by Gasteiger charge is -2.37. The summed E-state index contributed by atoms with van der Waals surface area (Å²) in [5.41, 5.74) is 2.97. The normalized spacial score (nSPS) is 22.3. The summed E-state index contributed by atoms with van der Waals surface area (Å²) in [6.07, 6.45) is 8.81. The molecule has 124 valence electrons. The molecule has 4 heteroatoms. The first-order chi connectivity index (χ1) is 11.2. The monoisotopic (exact) mass is 314 g/mol. The Hall–Kier alpha value is -1.65. The summed E-state index contributed by atoms with van der Waals surface area (Å²) in [5.74, 6) is 0.419. The maximum absolute atomic E-state index is 10.4. The molecule has 1 saturated carbocycles. The fourth-order valence-corrected chi connectivity index (χ4v) is 3.25. The fourth-order valence-electron chi connectivity index (χ4n) is 3.25. The van der Waals surface area contributed by atoms with Crippen LogP contribution in [0.4, 0.5) is 0 Å². The van der Waals surface area contributed by atoms with Gasteiger partial charge in [-0.3, -0.25) is 4.99 Å². The van der Waals surface area contributed by atoms with E-state index in [4.69, 9.17) is 4.74 Å². The number of benzene rings is 1. The minimum Gasteiger partial charge on any atom is -0.385 e. The molecule has 0 amide bonds. The Morgan fingerprint density at radius 2 is 2.09 bits per heavy atom. The second-order valence-corrected chi connectivity index (χ2v) is 6.62. The van der Waals surface area contributed by atoms with Crippen molar-refractivity contribution in [2.45, 2.75) is 37.7 Å². The van der Waals surface area contributed by atoms with E-state index in [1.165, 1.54) is 11.3 Å².